The smallest absolute Gasteiger partial charge is 0.303 e. The van der Waals surface area contributed by atoms with E-state index < -0.39 is 5.97 Å². The van der Waals surface area contributed by atoms with Gasteiger partial charge in [-0.1, -0.05) is 6.42 Å². The number of carboxylic acid groups (broad SMARTS) is 1. The molecule has 4 heteroatoms. The van der Waals surface area contributed by atoms with Crippen LogP contribution in [0.5, 0.6) is 0 Å². The molecule has 0 bridgehead atoms. The molecule has 1 aromatic rings. The van der Waals surface area contributed by atoms with Gasteiger partial charge in [-0.2, -0.15) is 0 Å². The van der Waals surface area contributed by atoms with E-state index in [9.17, 15) is 4.79 Å². The van der Waals surface area contributed by atoms with E-state index in [1.807, 2.05) is 13.8 Å². The van der Waals surface area contributed by atoms with Crippen molar-refractivity contribution in [3.8, 4) is 0 Å². The summed E-state index contributed by atoms with van der Waals surface area (Å²) < 4.78 is 5.75. The maximum atomic E-state index is 10.6. The van der Waals surface area contributed by atoms with Gasteiger partial charge in [-0.05, 0) is 37.8 Å². The summed E-state index contributed by atoms with van der Waals surface area (Å²) in [5.74, 6) is 0.964. The molecule has 102 valence electrons. The summed E-state index contributed by atoms with van der Waals surface area (Å²) in [7, 11) is 0. The average Bonchev–Trinajstić information content (AvgIpc) is 2.60. The number of aryl methyl sites for hydroxylation is 2. The number of unbranched alkanes of at least 4 members (excludes halogenated alkanes) is 2. The van der Waals surface area contributed by atoms with Crippen molar-refractivity contribution >= 4 is 5.97 Å². The Kier molecular flexibility index (Phi) is 5.92. The predicted molar refractivity (Wildman–Crippen MR) is 68.8 cm³/mol. The summed E-state index contributed by atoms with van der Waals surface area (Å²) >= 11 is 0. The predicted octanol–water partition coefficient (Wildman–Crippen LogP) is 2.62. The van der Waals surface area contributed by atoms with E-state index in [0.29, 0.717) is 6.42 Å². The zero-order chi connectivity index (χ0) is 13.5. The first-order valence-electron chi connectivity index (χ1n) is 6.46. The van der Waals surface area contributed by atoms with Gasteiger partial charge in [0.05, 0.1) is 6.42 Å². The van der Waals surface area contributed by atoms with Crippen molar-refractivity contribution in [2.75, 3.05) is 6.61 Å². The molecule has 0 aliphatic carbocycles. The highest BCUT2D eigenvalue weighted by Gasteiger charge is 2.14. The molecule has 0 radical (unpaired) electrons. The van der Waals surface area contributed by atoms with Crippen molar-refractivity contribution in [2.45, 2.75) is 52.4 Å². The first-order valence-corrected chi connectivity index (χ1v) is 6.46. The third-order valence-corrected chi connectivity index (χ3v) is 3.27. The highest BCUT2D eigenvalue weighted by Crippen LogP contribution is 2.24. The quantitative estimate of drug-likeness (QED) is 0.700. The molecule has 1 aromatic heterocycles. The molecule has 0 aromatic carbocycles. The van der Waals surface area contributed by atoms with Crippen LogP contribution in [-0.2, 0) is 17.6 Å². The molecule has 4 nitrogen and oxygen atoms in total. The first-order chi connectivity index (χ1) is 8.56. The molecule has 0 aliphatic rings. The van der Waals surface area contributed by atoms with Gasteiger partial charge in [0.2, 0.25) is 0 Å². The van der Waals surface area contributed by atoms with Gasteiger partial charge < -0.3 is 14.6 Å². The summed E-state index contributed by atoms with van der Waals surface area (Å²) in [6.45, 7) is 4.23. The molecule has 0 amide bonds. The van der Waals surface area contributed by atoms with Gasteiger partial charge in [0, 0.05) is 19.4 Å². The van der Waals surface area contributed by atoms with Crippen molar-refractivity contribution < 1.29 is 19.4 Å². The Hall–Kier alpha value is -1.29. The van der Waals surface area contributed by atoms with Gasteiger partial charge in [0.15, 0.2) is 0 Å². The van der Waals surface area contributed by atoms with E-state index in [2.05, 4.69) is 0 Å². The number of hydrogen-bond acceptors (Lipinski definition) is 3. The van der Waals surface area contributed by atoms with Crippen LogP contribution < -0.4 is 0 Å². The molecule has 0 fully saturated rings. The van der Waals surface area contributed by atoms with Crippen molar-refractivity contribution in [1.29, 1.82) is 0 Å². The molecule has 0 unspecified atom stereocenters. The van der Waals surface area contributed by atoms with Gasteiger partial charge in [0.25, 0.3) is 0 Å². The van der Waals surface area contributed by atoms with Crippen LogP contribution in [-0.4, -0.2) is 22.8 Å². The zero-order valence-electron chi connectivity index (χ0n) is 11.2. The Balaban J connectivity index is 2.58. The molecular weight excluding hydrogens is 232 g/mol. The van der Waals surface area contributed by atoms with Gasteiger partial charge in [-0.3, -0.25) is 4.79 Å². The molecular formula is C14H22O4. The molecule has 0 aliphatic heterocycles. The number of hydrogen-bond donors (Lipinski definition) is 2. The first kappa shape index (κ1) is 14.8. The van der Waals surface area contributed by atoms with E-state index in [-0.39, 0.29) is 13.0 Å². The topological polar surface area (TPSA) is 70.7 Å². The fourth-order valence-electron chi connectivity index (χ4n) is 1.99. The van der Waals surface area contributed by atoms with Crippen molar-refractivity contribution in [3.05, 3.63) is 22.6 Å². The maximum absolute atomic E-state index is 10.6. The molecule has 0 saturated carbocycles. The number of aliphatic hydroxyl groups excluding tert-OH is 1. The van der Waals surface area contributed by atoms with Gasteiger partial charge in [-0.15, -0.1) is 0 Å². The number of rotatable bonds is 8. The monoisotopic (exact) mass is 254 g/mol. The number of furan rings is 1. The van der Waals surface area contributed by atoms with Crippen LogP contribution in [0.2, 0.25) is 0 Å². The lowest BCUT2D eigenvalue weighted by Gasteiger charge is -1.98. The Morgan fingerprint density at radius 1 is 1.06 bits per heavy atom. The average molecular weight is 254 g/mol. The summed E-state index contributed by atoms with van der Waals surface area (Å²) in [6.07, 6.45) is 4.23. The van der Waals surface area contributed by atoms with Crippen LogP contribution in [0.25, 0.3) is 0 Å². The van der Waals surface area contributed by atoms with Crippen LogP contribution in [0, 0.1) is 13.8 Å². The van der Waals surface area contributed by atoms with E-state index in [1.165, 1.54) is 0 Å². The standard InChI is InChI=1S/C14H22O4/c1-10-11(2)13(7-8-14(16)17)18-12(10)6-4-3-5-9-15/h15H,3-9H2,1-2H3,(H,16,17). The molecule has 2 N–H and O–H groups in total. The molecule has 1 heterocycles. The van der Waals surface area contributed by atoms with Crippen molar-refractivity contribution in [2.24, 2.45) is 0 Å². The van der Waals surface area contributed by atoms with Crippen LogP contribution in [0.1, 0.15) is 48.3 Å². The lowest BCUT2D eigenvalue weighted by Crippen LogP contribution is -1.97. The SMILES string of the molecule is Cc1c(CCCCCO)oc(CCC(=O)O)c1C. The minimum atomic E-state index is -0.798. The second-order valence-corrected chi connectivity index (χ2v) is 4.63. The largest absolute Gasteiger partial charge is 0.481 e. The summed E-state index contributed by atoms with van der Waals surface area (Å²) in [6, 6.07) is 0. The zero-order valence-corrected chi connectivity index (χ0v) is 11.2. The Morgan fingerprint density at radius 3 is 2.22 bits per heavy atom. The minimum Gasteiger partial charge on any atom is -0.481 e. The van der Waals surface area contributed by atoms with Crippen LogP contribution >= 0.6 is 0 Å². The second kappa shape index (κ2) is 7.21. The Labute approximate surface area is 108 Å². The van der Waals surface area contributed by atoms with Gasteiger partial charge in [0.1, 0.15) is 11.5 Å². The van der Waals surface area contributed by atoms with E-state index in [0.717, 1.165) is 48.3 Å². The lowest BCUT2D eigenvalue weighted by atomic mass is 10.1. The summed E-state index contributed by atoms with van der Waals surface area (Å²) in [5.41, 5.74) is 2.22. The van der Waals surface area contributed by atoms with E-state index in [1.54, 1.807) is 0 Å². The Morgan fingerprint density at radius 2 is 1.67 bits per heavy atom. The summed E-state index contributed by atoms with van der Waals surface area (Å²) in [5, 5.41) is 17.4. The highest BCUT2D eigenvalue weighted by molar-refractivity contribution is 5.67. The lowest BCUT2D eigenvalue weighted by molar-refractivity contribution is -0.137. The van der Waals surface area contributed by atoms with Crippen molar-refractivity contribution in [1.82, 2.24) is 0 Å². The minimum absolute atomic E-state index is 0.109. The highest BCUT2D eigenvalue weighted by atomic mass is 16.4. The van der Waals surface area contributed by atoms with Gasteiger partial charge >= 0.3 is 5.97 Å². The van der Waals surface area contributed by atoms with Crippen LogP contribution in [0.15, 0.2) is 4.42 Å². The maximum Gasteiger partial charge on any atom is 0.303 e. The molecule has 0 spiro atoms. The molecule has 18 heavy (non-hydrogen) atoms. The van der Waals surface area contributed by atoms with E-state index >= 15 is 0 Å². The second-order valence-electron chi connectivity index (χ2n) is 4.63. The van der Waals surface area contributed by atoms with E-state index in [4.69, 9.17) is 14.6 Å². The fraction of sp³-hybridized carbons (Fsp3) is 0.643. The normalized spacial score (nSPS) is 10.8. The third-order valence-electron chi connectivity index (χ3n) is 3.27. The number of carboxylic acids is 1. The molecule has 1 rings (SSSR count). The number of aliphatic hydroxyl groups is 1. The van der Waals surface area contributed by atoms with Gasteiger partial charge in [-0.25, -0.2) is 0 Å². The van der Waals surface area contributed by atoms with Crippen LogP contribution in [0.4, 0.5) is 0 Å². The molecule has 0 atom stereocenters. The third kappa shape index (κ3) is 4.18. The molecule has 0 saturated heterocycles. The number of carbonyl (C=O) groups is 1. The summed E-state index contributed by atoms with van der Waals surface area (Å²) in [4.78, 5) is 10.6. The van der Waals surface area contributed by atoms with Crippen LogP contribution in [0.3, 0.4) is 0 Å². The van der Waals surface area contributed by atoms with Crippen molar-refractivity contribution in [3.63, 3.8) is 0 Å². The number of aliphatic carboxylic acids is 1. The fourth-order valence-corrected chi connectivity index (χ4v) is 1.99. The Bertz CT molecular complexity index is 393.